The highest BCUT2D eigenvalue weighted by molar-refractivity contribution is 7.99. The van der Waals surface area contributed by atoms with Crippen LogP contribution in [0.1, 0.15) is 36.6 Å². The van der Waals surface area contributed by atoms with Gasteiger partial charge in [0.2, 0.25) is 0 Å². The highest BCUT2D eigenvalue weighted by Crippen LogP contribution is 2.51. The number of benzene rings is 2. The minimum Gasteiger partial charge on any atom is -0.118 e. The number of thioether (sulfide) groups is 1. The van der Waals surface area contributed by atoms with Crippen molar-refractivity contribution in [3.8, 4) is 0 Å². The minimum absolute atomic E-state index is 0.266. The van der Waals surface area contributed by atoms with E-state index in [0.717, 1.165) is 0 Å². The summed E-state index contributed by atoms with van der Waals surface area (Å²) in [6.45, 7) is 4.73. The van der Waals surface area contributed by atoms with Crippen LogP contribution in [-0.4, -0.2) is 0 Å². The zero-order valence-electron chi connectivity index (χ0n) is 10.9. The lowest BCUT2D eigenvalue weighted by molar-refractivity contribution is 0.457. The summed E-state index contributed by atoms with van der Waals surface area (Å²) in [5.74, 6) is 0. The minimum atomic E-state index is 0.266. The lowest BCUT2D eigenvalue weighted by atomic mass is 9.79. The molecule has 1 heteroatoms. The van der Waals surface area contributed by atoms with Crippen molar-refractivity contribution in [2.24, 2.45) is 0 Å². The Bertz CT molecular complexity index is 543. The molecule has 0 spiro atoms. The SMILES string of the molecule is CC1(C)CC(c2ccccc2)Sc2ccccc21. The molecule has 1 atom stereocenters. The first-order valence-electron chi connectivity index (χ1n) is 6.48. The van der Waals surface area contributed by atoms with Crippen LogP contribution in [0, 0.1) is 0 Å². The van der Waals surface area contributed by atoms with E-state index >= 15 is 0 Å². The summed E-state index contributed by atoms with van der Waals surface area (Å²) in [6.07, 6.45) is 1.21. The van der Waals surface area contributed by atoms with Crippen LogP contribution in [0.5, 0.6) is 0 Å². The average Bonchev–Trinajstić information content (AvgIpc) is 2.39. The van der Waals surface area contributed by atoms with E-state index < -0.39 is 0 Å². The molecule has 0 N–H and O–H groups in total. The summed E-state index contributed by atoms with van der Waals surface area (Å²) >= 11 is 2.01. The second-order valence-corrected chi connectivity index (χ2v) is 6.85. The maximum atomic E-state index is 2.36. The Morgan fingerprint density at radius 2 is 1.61 bits per heavy atom. The standard InChI is InChI=1S/C17H18S/c1-17(2)12-16(13-8-4-3-5-9-13)18-15-11-7-6-10-14(15)17/h3-11,16H,12H2,1-2H3. The van der Waals surface area contributed by atoms with Crippen LogP contribution in [0.25, 0.3) is 0 Å². The van der Waals surface area contributed by atoms with Crippen molar-refractivity contribution in [2.75, 3.05) is 0 Å². The van der Waals surface area contributed by atoms with E-state index in [1.54, 1.807) is 0 Å². The van der Waals surface area contributed by atoms with Crippen molar-refractivity contribution in [2.45, 2.75) is 35.8 Å². The van der Waals surface area contributed by atoms with Gasteiger partial charge in [-0.2, -0.15) is 0 Å². The Morgan fingerprint density at radius 3 is 2.39 bits per heavy atom. The topological polar surface area (TPSA) is 0 Å². The molecule has 18 heavy (non-hydrogen) atoms. The van der Waals surface area contributed by atoms with Gasteiger partial charge < -0.3 is 0 Å². The Morgan fingerprint density at radius 1 is 0.944 bits per heavy atom. The van der Waals surface area contributed by atoms with E-state index in [0.29, 0.717) is 5.25 Å². The number of rotatable bonds is 1. The van der Waals surface area contributed by atoms with Crippen molar-refractivity contribution in [1.82, 2.24) is 0 Å². The van der Waals surface area contributed by atoms with Crippen LogP contribution < -0.4 is 0 Å². The number of hydrogen-bond acceptors (Lipinski definition) is 1. The van der Waals surface area contributed by atoms with Crippen LogP contribution in [0.3, 0.4) is 0 Å². The summed E-state index contributed by atoms with van der Waals surface area (Å²) in [5, 5.41) is 0.580. The van der Waals surface area contributed by atoms with E-state index in [1.807, 2.05) is 11.8 Å². The van der Waals surface area contributed by atoms with Crippen molar-refractivity contribution in [1.29, 1.82) is 0 Å². The fourth-order valence-corrected chi connectivity index (χ4v) is 4.48. The van der Waals surface area contributed by atoms with E-state index in [4.69, 9.17) is 0 Å². The van der Waals surface area contributed by atoms with Crippen molar-refractivity contribution < 1.29 is 0 Å². The van der Waals surface area contributed by atoms with Gasteiger partial charge in [0.05, 0.1) is 0 Å². The molecule has 2 aromatic rings. The monoisotopic (exact) mass is 254 g/mol. The molecule has 2 aromatic carbocycles. The molecule has 0 radical (unpaired) electrons. The van der Waals surface area contributed by atoms with Crippen LogP contribution in [0.4, 0.5) is 0 Å². The van der Waals surface area contributed by atoms with Gasteiger partial charge in [-0.1, -0.05) is 62.4 Å². The molecule has 0 bridgehead atoms. The predicted octanol–water partition coefficient (Wildman–Crippen LogP) is 5.20. The molecule has 1 aliphatic heterocycles. The second kappa shape index (κ2) is 4.47. The summed E-state index contributed by atoms with van der Waals surface area (Å²) in [4.78, 5) is 1.45. The first-order chi connectivity index (χ1) is 8.67. The molecule has 1 aliphatic rings. The Kier molecular flexibility index (Phi) is 2.95. The van der Waals surface area contributed by atoms with Gasteiger partial charge in [-0.05, 0) is 29.0 Å². The van der Waals surface area contributed by atoms with E-state index in [2.05, 4.69) is 68.4 Å². The fourth-order valence-electron chi connectivity index (χ4n) is 2.75. The number of hydrogen-bond donors (Lipinski definition) is 0. The smallest absolute Gasteiger partial charge is 0.0352 e. The van der Waals surface area contributed by atoms with E-state index in [1.165, 1.54) is 22.4 Å². The third kappa shape index (κ3) is 2.08. The molecule has 1 heterocycles. The summed E-state index contributed by atoms with van der Waals surface area (Å²) in [7, 11) is 0. The second-order valence-electron chi connectivity index (χ2n) is 5.60. The van der Waals surface area contributed by atoms with E-state index in [-0.39, 0.29) is 5.41 Å². The highest BCUT2D eigenvalue weighted by atomic mass is 32.2. The summed E-state index contributed by atoms with van der Waals surface area (Å²) in [6, 6.07) is 19.7. The van der Waals surface area contributed by atoms with Gasteiger partial charge in [0, 0.05) is 10.1 Å². The molecule has 0 amide bonds. The molecule has 92 valence electrons. The van der Waals surface area contributed by atoms with Crippen molar-refractivity contribution in [3.05, 3.63) is 65.7 Å². The first-order valence-corrected chi connectivity index (χ1v) is 7.36. The lowest BCUT2D eigenvalue weighted by Gasteiger charge is -2.37. The van der Waals surface area contributed by atoms with Crippen LogP contribution in [0.2, 0.25) is 0 Å². The molecular weight excluding hydrogens is 236 g/mol. The van der Waals surface area contributed by atoms with Gasteiger partial charge in [0.15, 0.2) is 0 Å². The molecule has 0 aliphatic carbocycles. The maximum absolute atomic E-state index is 2.36. The van der Waals surface area contributed by atoms with Gasteiger partial charge in [0.1, 0.15) is 0 Å². The zero-order chi connectivity index (χ0) is 12.6. The van der Waals surface area contributed by atoms with Gasteiger partial charge >= 0.3 is 0 Å². The third-order valence-corrected chi connectivity index (χ3v) is 5.09. The molecule has 0 saturated heterocycles. The molecule has 0 nitrogen and oxygen atoms in total. The first kappa shape index (κ1) is 11.9. The summed E-state index contributed by atoms with van der Waals surface area (Å²) < 4.78 is 0. The fraction of sp³-hybridized carbons (Fsp3) is 0.294. The van der Waals surface area contributed by atoms with Crippen molar-refractivity contribution >= 4 is 11.8 Å². The Labute approximate surface area is 113 Å². The van der Waals surface area contributed by atoms with Crippen molar-refractivity contribution in [3.63, 3.8) is 0 Å². The predicted molar refractivity (Wildman–Crippen MR) is 79.1 cm³/mol. The normalized spacial score (nSPS) is 21.3. The molecule has 0 aromatic heterocycles. The van der Waals surface area contributed by atoms with Gasteiger partial charge in [0.25, 0.3) is 0 Å². The lowest BCUT2D eigenvalue weighted by Crippen LogP contribution is -2.24. The molecule has 1 unspecified atom stereocenters. The Hall–Kier alpha value is -1.21. The largest absolute Gasteiger partial charge is 0.118 e. The number of fused-ring (bicyclic) bond motifs is 1. The highest BCUT2D eigenvalue weighted by Gasteiger charge is 2.33. The molecule has 0 saturated carbocycles. The summed E-state index contributed by atoms with van der Waals surface area (Å²) in [5.41, 5.74) is 3.22. The molecule has 3 rings (SSSR count). The van der Waals surface area contributed by atoms with Crippen LogP contribution >= 0.6 is 11.8 Å². The zero-order valence-corrected chi connectivity index (χ0v) is 11.7. The third-order valence-electron chi connectivity index (χ3n) is 3.75. The molecular formula is C17H18S. The van der Waals surface area contributed by atoms with Crippen LogP contribution in [0.15, 0.2) is 59.5 Å². The van der Waals surface area contributed by atoms with Gasteiger partial charge in [-0.3, -0.25) is 0 Å². The average molecular weight is 254 g/mol. The van der Waals surface area contributed by atoms with E-state index in [9.17, 15) is 0 Å². The van der Waals surface area contributed by atoms with Gasteiger partial charge in [-0.25, -0.2) is 0 Å². The van der Waals surface area contributed by atoms with Crippen LogP contribution in [-0.2, 0) is 5.41 Å². The quantitative estimate of drug-likeness (QED) is 0.674. The molecule has 0 fully saturated rings. The maximum Gasteiger partial charge on any atom is 0.0352 e. The van der Waals surface area contributed by atoms with Gasteiger partial charge in [-0.15, -0.1) is 11.8 Å². The Balaban J connectivity index is 2.01.